The fourth-order valence-corrected chi connectivity index (χ4v) is 6.41. The molecule has 0 radical (unpaired) electrons. The first-order valence-corrected chi connectivity index (χ1v) is 14.4. The standard InChI is InChI=1S/C36H27N3O3S/c1-22-17-32(23(2)16-24(22)18-25(21-37)38-3)35-20-34-36(43-35)31-15-10-28(19-33(31)42-34)39(26-6-11-29(40-4)12-7-26)27-8-13-30(41-5)14-9-27/h6-20H,1-2,4-5H3/b25-18-. The maximum atomic E-state index is 9.17. The summed E-state index contributed by atoms with van der Waals surface area (Å²) in [5.41, 5.74) is 8.75. The number of methoxy groups -OCH3 is 2. The summed E-state index contributed by atoms with van der Waals surface area (Å²) in [6.07, 6.45) is 1.64. The Kier molecular flexibility index (Phi) is 7.34. The maximum absolute atomic E-state index is 9.17. The van der Waals surface area contributed by atoms with Crippen molar-refractivity contribution in [2.75, 3.05) is 19.1 Å². The number of benzene rings is 4. The molecule has 2 heterocycles. The molecule has 0 unspecified atom stereocenters. The molecule has 0 spiro atoms. The number of furan rings is 1. The molecule has 0 fully saturated rings. The van der Waals surface area contributed by atoms with E-state index in [1.165, 1.54) is 0 Å². The molecule has 43 heavy (non-hydrogen) atoms. The molecule has 2 aromatic heterocycles. The average molecular weight is 582 g/mol. The topological polar surface area (TPSA) is 63.0 Å². The van der Waals surface area contributed by atoms with Crippen molar-refractivity contribution in [1.29, 1.82) is 5.26 Å². The minimum atomic E-state index is 0.0762. The lowest BCUT2D eigenvalue weighted by atomic mass is 9.98. The van der Waals surface area contributed by atoms with Gasteiger partial charge in [0.1, 0.15) is 22.7 Å². The quantitative estimate of drug-likeness (QED) is 0.139. The number of allylic oxidation sites excluding steroid dienone is 1. The molecule has 6 nitrogen and oxygen atoms in total. The number of ether oxygens (including phenoxy) is 2. The second kappa shape index (κ2) is 11.4. The summed E-state index contributed by atoms with van der Waals surface area (Å²) in [5.74, 6) is 1.59. The van der Waals surface area contributed by atoms with Crippen LogP contribution in [-0.4, -0.2) is 14.2 Å². The Morgan fingerprint density at radius 3 is 2.05 bits per heavy atom. The number of hydrogen-bond acceptors (Lipinski definition) is 6. The molecule has 0 aliphatic rings. The molecule has 0 amide bonds. The minimum Gasteiger partial charge on any atom is -0.497 e. The van der Waals surface area contributed by atoms with Crippen molar-refractivity contribution in [3.8, 4) is 28.0 Å². The van der Waals surface area contributed by atoms with Crippen LogP contribution < -0.4 is 14.4 Å². The molecular weight excluding hydrogens is 554 g/mol. The average Bonchev–Trinajstić information content (AvgIpc) is 3.60. The number of nitriles is 1. The van der Waals surface area contributed by atoms with E-state index in [1.54, 1.807) is 31.6 Å². The van der Waals surface area contributed by atoms with Crippen molar-refractivity contribution in [2.24, 2.45) is 0 Å². The van der Waals surface area contributed by atoms with E-state index in [2.05, 4.69) is 47.0 Å². The van der Waals surface area contributed by atoms with Gasteiger partial charge in [-0.2, -0.15) is 0 Å². The summed E-state index contributed by atoms with van der Waals surface area (Å²) < 4.78 is 18.3. The summed E-state index contributed by atoms with van der Waals surface area (Å²) in [6.45, 7) is 11.2. The summed E-state index contributed by atoms with van der Waals surface area (Å²) in [5, 5.41) is 10.2. The van der Waals surface area contributed by atoms with Crippen molar-refractivity contribution in [3.63, 3.8) is 0 Å². The van der Waals surface area contributed by atoms with Crippen molar-refractivity contribution in [3.05, 3.63) is 119 Å². The van der Waals surface area contributed by atoms with E-state index in [1.807, 2.05) is 67.6 Å². The van der Waals surface area contributed by atoms with Gasteiger partial charge in [0, 0.05) is 39.5 Å². The van der Waals surface area contributed by atoms with E-state index in [9.17, 15) is 5.26 Å². The van der Waals surface area contributed by atoms with E-state index in [-0.39, 0.29) is 5.70 Å². The van der Waals surface area contributed by atoms with E-state index < -0.39 is 0 Å². The molecule has 0 aliphatic carbocycles. The highest BCUT2D eigenvalue weighted by molar-refractivity contribution is 7.23. The molecule has 6 aromatic rings. The first kappa shape index (κ1) is 27.7. The Bertz CT molecular complexity index is 2030. The SMILES string of the molecule is [C-]#[N+]/C(C#N)=C\c1cc(C)c(-c2cc3oc4cc(N(c5ccc(OC)cc5)c5ccc(OC)cc5)ccc4c3s2)cc1C. The third-order valence-electron chi connectivity index (χ3n) is 7.45. The number of nitrogens with zero attached hydrogens (tertiary/aromatic N) is 3. The summed E-state index contributed by atoms with van der Waals surface area (Å²) in [6, 6.07) is 30.5. The van der Waals surface area contributed by atoms with Crippen molar-refractivity contribution < 1.29 is 13.9 Å². The predicted octanol–water partition coefficient (Wildman–Crippen LogP) is 10.2. The zero-order chi connectivity index (χ0) is 30.1. The van der Waals surface area contributed by atoms with E-state index in [0.29, 0.717) is 0 Å². The van der Waals surface area contributed by atoms with Crippen LogP contribution in [0.5, 0.6) is 11.5 Å². The van der Waals surface area contributed by atoms with Crippen molar-refractivity contribution in [2.45, 2.75) is 13.8 Å². The van der Waals surface area contributed by atoms with Crippen LogP contribution >= 0.6 is 11.3 Å². The summed E-state index contributed by atoms with van der Waals surface area (Å²) in [7, 11) is 3.33. The van der Waals surface area contributed by atoms with Gasteiger partial charge in [-0.3, -0.25) is 0 Å². The molecule has 4 aromatic carbocycles. The fourth-order valence-electron chi connectivity index (χ4n) is 5.22. The van der Waals surface area contributed by atoms with Gasteiger partial charge in [-0.1, -0.05) is 6.07 Å². The number of thiophene rings is 1. The Hall–Kier alpha value is -5.50. The number of fused-ring (bicyclic) bond motifs is 3. The van der Waals surface area contributed by atoms with Crippen LogP contribution in [-0.2, 0) is 0 Å². The Morgan fingerprint density at radius 2 is 1.47 bits per heavy atom. The molecule has 0 saturated heterocycles. The molecule has 210 valence electrons. The van der Waals surface area contributed by atoms with Gasteiger partial charge < -0.3 is 18.8 Å². The third kappa shape index (κ3) is 5.19. The predicted molar refractivity (Wildman–Crippen MR) is 174 cm³/mol. The van der Waals surface area contributed by atoms with Crippen molar-refractivity contribution in [1.82, 2.24) is 0 Å². The number of aryl methyl sites for hydroxylation is 2. The summed E-state index contributed by atoms with van der Waals surface area (Å²) >= 11 is 1.70. The molecule has 0 aliphatic heterocycles. The van der Waals surface area contributed by atoms with E-state index in [0.717, 1.165) is 76.9 Å². The van der Waals surface area contributed by atoms with Crippen LogP contribution in [0.25, 0.3) is 42.6 Å². The van der Waals surface area contributed by atoms with E-state index >= 15 is 0 Å². The Balaban J connectivity index is 1.40. The lowest BCUT2D eigenvalue weighted by molar-refractivity contribution is 0.415. The fraction of sp³-hybridized carbons (Fsp3) is 0.111. The number of hydrogen-bond donors (Lipinski definition) is 0. The van der Waals surface area contributed by atoms with Gasteiger partial charge in [0.2, 0.25) is 0 Å². The highest BCUT2D eigenvalue weighted by Crippen LogP contribution is 2.44. The van der Waals surface area contributed by atoms with Gasteiger partial charge in [-0.05, 0) is 109 Å². The second-order valence-corrected chi connectivity index (χ2v) is 11.1. The number of anilines is 3. The van der Waals surface area contributed by atoms with Crippen LogP contribution in [0.15, 0.2) is 95.0 Å². The van der Waals surface area contributed by atoms with Crippen molar-refractivity contribution >= 4 is 55.7 Å². The molecule has 7 heteroatoms. The lowest BCUT2D eigenvalue weighted by Gasteiger charge is -2.25. The van der Waals surface area contributed by atoms with Gasteiger partial charge in [0.25, 0.3) is 5.70 Å². The highest BCUT2D eigenvalue weighted by atomic mass is 32.1. The molecular formula is C36H27N3O3S. The molecule has 0 atom stereocenters. The Morgan fingerprint density at radius 1 is 0.837 bits per heavy atom. The molecule has 0 saturated carbocycles. The minimum absolute atomic E-state index is 0.0762. The third-order valence-corrected chi connectivity index (χ3v) is 8.64. The van der Waals surface area contributed by atoms with Gasteiger partial charge in [-0.25, -0.2) is 10.1 Å². The molecule has 0 bridgehead atoms. The monoisotopic (exact) mass is 581 g/mol. The van der Waals surface area contributed by atoms with Crippen LogP contribution in [0.3, 0.4) is 0 Å². The largest absolute Gasteiger partial charge is 0.497 e. The maximum Gasteiger partial charge on any atom is 0.262 e. The van der Waals surface area contributed by atoms with Crippen LogP contribution in [0.2, 0.25) is 0 Å². The Labute approximate surface area is 254 Å². The molecule has 6 rings (SSSR count). The smallest absolute Gasteiger partial charge is 0.262 e. The number of rotatable bonds is 7. The van der Waals surface area contributed by atoms with E-state index in [4.69, 9.17) is 20.5 Å². The first-order valence-electron chi connectivity index (χ1n) is 13.6. The molecule has 0 N–H and O–H groups in total. The lowest BCUT2D eigenvalue weighted by Crippen LogP contribution is -2.09. The van der Waals surface area contributed by atoms with Gasteiger partial charge in [0.15, 0.2) is 0 Å². The highest BCUT2D eigenvalue weighted by Gasteiger charge is 2.18. The zero-order valence-corrected chi connectivity index (χ0v) is 25.0. The van der Waals surface area contributed by atoms with Gasteiger partial charge in [-0.15, -0.1) is 11.3 Å². The first-order chi connectivity index (χ1) is 20.9. The van der Waals surface area contributed by atoms with Gasteiger partial charge in [0.05, 0.1) is 31.6 Å². The normalized spacial score (nSPS) is 11.3. The van der Waals surface area contributed by atoms with Crippen LogP contribution in [0.4, 0.5) is 17.1 Å². The second-order valence-electron chi connectivity index (χ2n) is 10.1. The van der Waals surface area contributed by atoms with Gasteiger partial charge >= 0.3 is 0 Å². The summed E-state index contributed by atoms with van der Waals surface area (Å²) in [4.78, 5) is 6.58. The van der Waals surface area contributed by atoms with Crippen LogP contribution in [0.1, 0.15) is 16.7 Å². The van der Waals surface area contributed by atoms with Crippen LogP contribution in [0, 0.1) is 31.8 Å². The zero-order valence-electron chi connectivity index (χ0n) is 24.1.